The van der Waals surface area contributed by atoms with Crippen molar-refractivity contribution in [3.05, 3.63) is 0 Å². The highest BCUT2D eigenvalue weighted by atomic mass is 31.2. The summed E-state index contributed by atoms with van der Waals surface area (Å²) in [5.41, 5.74) is -0.248. The quantitative estimate of drug-likeness (QED) is 0.651. The summed E-state index contributed by atoms with van der Waals surface area (Å²) in [6, 6.07) is 0. The van der Waals surface area contributed by atoms with E-state index in [1.807, 2.05) is 34.6 Å². The molecular weight excluding hydrogens is 187 g/mol. The zero-order chi connectivity index (χ0) is 10.5. The number of ether oxygens (including phenoxy) is 1. The normalized spacial score (nSPS) is 17.0. The summed E-state index contributed by atoms with van der Waals surface area (Å²) >= 11 is 0. The molecule has 80 valence electrons. The lowest BCUT2D eigenvalue weighted by atomic mass is 10.2. The van der Waals surface area contributed by atoms with E-state index in [-0.39, 0.29) is 11.9 Å². The molecule has 0 aromatic rings. The maximum atomic E-state index is 11.9. The number of rotatable bonds is 5. The standard InChI is InChI=1S/C9H21O3P/c1-6-12-13(10,7-2)8-11-9(3,4)5/h6-8H2,1-5H3. The molecule has 0 fully saturated rings. The van der Waals surface area contributed by atoms with Gasteiger partial charge in [0.2, 0.25) is 7.37 Å². The van der Waals surface area contributed by atoms with Crippen LogP contribution >= 0.6 is 7.37 Å². The molecule has 0 aromatic carbocycles. The molecule has 13 heavy (non-hydrogen) atoms. The van der Waals surface area contributed by atoms with Gasteiger partial charge in [0.05, 0.1) is 12.2 Å². The molecule has 0 amide bonds. The summed E-state index contributed by atoms with van der Waals surface area (Å²) in [5.74, 6) is 0. The number of hydrogen-bond acceptors (Lipinski definition) is 3. The first-order chi connectivity index (χ1) is 5.83. The Labute approximate surface area is 81.3 Å². The average molecular weight is 208 g/mol. The summed E-state index contributed by atoms with van der Waals surface area (Å²) in [6.07, 6.45) is 0.762. The molecule has 0 aromatic heterocycles. The van der Waals surface area contributed by atoms with Crippen LogP contribution in [0.15, 0.2) is 0 Å². The summed E-state index contributed by atoms with van der Waals surface area (Å²) < 4.78 is 22.5. The summed E-state index contributed by atoms with van der Waals surface area (Å²) in [7, 11) is -2.52. The van der Waals surface area contributed by atoms with Gasteiger partial charge >= 0.3 is 0 Å². The minimum atomic E-state index is -2.52. The Kier molecular flexibility index (Phi) is 5.19. The van der Waals surface area contributed by atoms with Crippen molar-refractivity contribution in [2.75, 3.05) is 19.1 Å². The maximum absolute atomic E-state index is 11.9. The van der Waals surface area contributed by atoms with Crippen molar-refractivity contribution in [3.63, 3.8) is 0 Å². The molecule has 0 aliphatic carbocycles. The van der Waals surface area contributed by atoms with Crippen LogP contribution in [-0.4, -0.2) is 24.7 Å². The molecule has 0 bridgehead atoms. The van der Waals surface area contributed by atoms with Gasteiger partial charge in [0.15, 0.2) is 0 Å². The molecule has 0 saturated heterocycles. The molecule has 0 heterocycles. The molecule has 3 nitrogen and oxygen atoms in total. The molecule has 0 spiro atoms. The van der Waals surface area contributed by atoms with Gasteiger partial charge in [-0.15, -0.1) is 0 Å². The highest BCUT2D eigenvalue weighted by molar-refractivity contribution is 7.58. The maximum Gasteiger partial charge on any atom is 0.227 e. The van der Waals surface area contributed by atoms with E-state index in [0.29, 0.717) is 12.8 Å². The Morgan fingerprint density at radius 3 is 2.08 bits per heavy atom. The highest BCUT2D eigenvalue weighted by Crippen LogP contribution is 2.46. The molecular formula is C9H21O3P. The first kappa shape index (κ1) is 13.2. The van der Waals surface area contributed by atoms with E-state index in [2.05, 4.69) is 0 Å². The molecule has 4 heteroatoms. The second kappa shape index (κ2) is 5.14. The second-order valence-corrected chi connectivity index (χ2v) is 6.71. The topological polar surface area (TPSA) is 35.5 Å². The van der Waals surface area contributed by atoms with Gasteiger partial charge in [-0.05, 0) is 27.7 Å². The van der Waals surface area contributed by atoms with Crippen LogP contribution in [0.4, 0.5) is 0 Å². The summed E-state index contributed by atoms with van der Waals surface area (Å²) in [4.78, 5) is 0. The predicted octanol–water partition coefficient (Wildman–Crippen LogP) is 3.09. The van der Waals surface area contributed by atoms with Gasteiger partial charge in [0.1, 0.15) is 6.35 Å². The smallest absolute Gasteiger partial charge is 0.227 e. The largest absolute Gasteiger partial charge is 0.366 e. The molecule has 0 rings (SSSR count). The molecule has 1 atom stereocenters. The van der Waals surface area contributed by atoms with E-state index in [0.717, 1.165) is 0 Å². The molecule has 0 saturated carbocycles. The van der Waals surface area contributed by atoms with E-state index in [1.165, 1.54) is 0 Å². The lowest BCUT2D eigenvalue weighted by Gasteiger charge is -2.23. The van der Waals surface area contributed by atoms with E-state index in [9.17, 15) is 4.57 Å². The molecule has 0 radical (unpaired) electrons. The average Bonchev–Trinajstić information content (AvgIpc) is 2.01. The molecule has 1 unspecified atom stereocenters. The van der Waals surface area contributed by atoms with Gasteiger partial charge in [0, 0.05) is 6.16 Å². The van der Waals surface area contributed by atoms with Crippen molar-refractivity contribution in [1.29, 1.82) is 0 Å². The zero-order valence-electron chi connectivity index (χ0n) is 9.29. The SMILES string of the molecule is CCOP(=O)(CC)COC(C)(C)C. The molecule has 0 aliphatic rings. The van der Waals surface area contributed by atoms with Crippen molar-refractivity contribution < 1.29 is 13.8 Å². The Balaban J connectivity index is 4.06. The summed E-state index contributed by atoms with van der Waals surface area (Å²) in [6.45, 7) is 10.0. The van der Waals surface area contributed by atoms with E-state index < -0.39 is 7.37 Å². The van der Waals surface area contributed by atoms with Crippen molar-refractivity contribution in [2.45, 2.75) is 40.2 Å². The van der Waals surface area contributed by atoms with E-state index >= 15 is 0 Å². The minimum absolute atomic E-state index is 0.223. The first-order valence-corrected chi connectivity index (χ1v) is 6.69. The second-order valence-electron chi connectivity index (χ2n) is 3.93. The Morgan fingerprint density at radius 2 is 1.77 bits per heavy atom. The Hall–Kier alpha value is 0.150. The Morgan fingerprint density at radius 1 is 1.23 bits per heavy atom. The third-order valence-electron chi connectivity index (χ3n) is 1.54. The van der Waals surface area contributed by atoms with E-state index in [4.69, 9.17) is 9.26 Å². The van der Waals surface area contributed by atoms with Gasteiger partial charge in [-0.1, -0.05) is 6.92 Å². The molecule has 0 N–H and O–H groups in total. The molecule has 0 aliphatic heterocycles. The van der Waals surface area contributed by atoms with Crippen LogP contribution in [0.25, 0.3) is 0 Å². The first-order valence-electron chi connectivity index (χ1n) is 4.69. The van der Waals surface area contributed by atoms with Crippen LogP contribution in [0.1, 0.15) is 34.6 Å². The van der Waals surface area contributed by atoms with Gasteiger partial charge in [0.25, 0.3) is 0 Å². The third kappa shape index (κ3) is 6.25. The van der Waals surface area contributed by atoms with Gasteiger partial charge in [-0.25, -0.2) is 0 Å². The minimum Gasteiger partial charge on any atom is -0.366 e. The van der Waals surface area contributed by atoms with Crippen LogP contribution in [0.5, 0.6) is 0 Å². The number of hydrogen-bond donors (Lipinski definition) is 0. The van der Waals surface area contributed by atoms with Crippen LogP contribution in [0.3, 0.4) is 0 Å². The van der Waals surface area contributed by atoms with Gasteiger partial charge < -0.3 is 9.26 Å². The lowest BCUT2D eigenvalue weighted by molar-refractivity contribution is 0.0201. The van der Waals surface area contributed by atoms with Gasteiger partial charge in [-0.3, -0.25) is 4.57 Å². The van der Waals surface area contributed by atoms with Crippen LogP contribution < -0.4 is 0 Å². The van der Waals surface area contributed by atoms with Crippen LogP contribution in [0, 0.1) is 0 Å². The zero-order valence-corrected chi connectivity index (χ0v) is 10.2. The van der Waals surface area contributed by atoms with Crippen molar-refractivity contribution >= 4 is 7.37 Å². The lowest BCUT2D eigenvalue weighted by Crippen LogP contribution is -2.20. The fraction of sp³-hybridized carbons (Fsp3) is 1.00. The van der Waals surface area contributed by atoms with Gasteiger partial charge in [-0.2, -0.15) is 0 Å². The van der Waals surface area contributed by atoms with Crippen molar-refractivity contribution in [1.82, 2.24) is 0 Å². The van der Waals surface area contributed by atoms with Crippen LogP contribution in [0.2, 0.25) is 0 Å². The monoisotopic (exact) mass is 208 g/mol. The van der Waals surface area contributed by atoms with Crippen molar-refractivity contribution in [2.24, 2.45) is 0 Å². The predicted molar refractivity (Wildman–Crippen MR) is 55.5 cm³/mol. The van der Waals surface area contributed by atoms with Crippen LogP contribution in [-0.2, 0) is 13.8 Å². The summed E-state index contributed by atoms with van der Waals surface area (Å²) in [5, 5.41) is 0. The Bertz CT molecular complexity index is 184. The van der Waals surface area contributed by atoms with Crippen molar-refractivity contribution in [3.8, 4) is 0 Å². The fourth-order valence-corrected chi connectivity index (χ4v) is 2.24. The fourth-order valence-electron chi connectivity index (χ4n) is 0.747. The van der Waals surface area contributed by atoms with E-state index in [1.54, 1.807) is 0 Å². The third-order valence-corrected chi connectivity index (χ3v) is 3.76. The highest BCUT2D eigenvalue weighted by Gasteiger charge is 2.23.